The number of hydrogen-bond acceptors (Lipinski definition) is 12. The van der Waals surface area contributed by atoms with Gasteiger partial charge in [-0.15, -0.1) is 10.2 Å². The second-order valence-electron chi connectivity index (χ2n) is 12.4. The lowest BCUT2D eigenvalue weighted by atomic mass is 10.2. The van der Waals surface area contributed by atoms with Crippen LogP contribution in [-0.2, 0) is 44.2 Å². The number of ether oxygens (including phenoxy) is 4. The Labute approximate surface area is 309 Å². The smallest absolute Gasteiger partial charge is 0.245 e. The molecule has 0 aliphatic carbocycles. The molecule has 0 unspecified atom stereocenters. The van der Waals surface area contributed by atoms with Crippen molar-refractivity contribution in [2.24, 2.45) is 0 Å². The van der Waals surface area contributed by atoms with E-state index in [2.05, 4.69) is 15.4 Å². The molecule has 53 heavy (non-hydrogen) atoms. The Bertz CT molecular complexity index is 2140. The van der Waals surface area contributed by atoms with Crippen molar-refractivity contribution in [3.8, 4) is 28.6 Å². The number of sulfonamides is 1. The molecule has 0 saturated carbocycles. The minimum atomic E-state index is -4.59. The van der Waals surface area contributed by atoms with Crippen LogP contribution in [-0.4, -0.2) is 106 Å². The van der Waals surface area contributed by atoms with Crippen molar-refractivity contribution in [1.82, 2.24) is 29.4 Å². The van der Waals surface area contributed by atoms with Gasteiger partial charge in [0.2, 0.25) is 15.8 Å². The highest BCUT2D eigenvalue weighted by Gasteiger charge is 2.36. The molecule has 0 amide bonds. The van der Waals surface area contributed by atoms with Gasteiger partial charge in [0.25, 0.3) is 0 Å². The molecule has 16 heteroatoms. The number of sulfone groups is 1. The summed E-state index contributed by atoms with van der Waals surface area (Å²) in [5, 5.41) is 13.0. The van der Waals surface area contributed by atoms with E-state index in [1.54, 1.807) is 69.9 Å². The van der Waals surface area contributed by atoms with Gasteiger partial charge in [-0.3, -0.25) is 4.90 Å². The average Bonchev–Trinajstić information content (AvgIpc) is 3.66. The van der Waals surface area contributed by atoms with Crippen molar-refractivity contribution in [3.05, 3.63) is 108 Å². The van der Waals surface area contributed by atoms with Gasteiger partial charge in [-0.1, -0.05) is 42.5 Å². The van der Waals surface area contributed by atoms with Crippen molar-refractivity contribution in [2.45, 2.75) is 29.4 Å². The molecule has 0 atom stereocenters. The zero-order chi connectivity index (χ0) is 37.4. The number of hydrogen-bond donors (Lipinski definition) is 0. The Hall–Kier alpha value is -4.87. The predicted molar refractivity (Wildman–Crippen MR) is 197 cm³/mol. The van der Waals surface area contributed by atoms with Crippen LogP contribution in [0.3, 0.4) is 0 Å². The van der Waals surface area contributed by atoms with Gasteiger partial charge in [-0.25, -0.2) is 16.8 Å². The highest BCUT2D eigenvalue weighted by molar-refractivity contribution is 7.93. The summed E-state index contributed by atoms with van der Waals surface area (Å²) in [5.41, 5.74) is 2.21. The Morgan fingerprint density at radius 2 is 1.25 bits per heavy atom. The molecule has 1 aromatic heterocycles. The average molecular weight is 763 g/mol. The first-order chi connectivity index (χ1) is 25.6. The molecular weight excluding hydrogens is 721 g/mol. The number of tetrazole rings is 1. The molecular formula is C37H42N6O8S2. The van der Waals surface area contributed by atoms with Gasteiger partial charge < -0.3 is 18.9 Å². The van der Waals surface area contributed by atoms with E-state index in [1.807, 2.05) is 29.2 Å². The molecule has 280 valence electrons. The molecule has 1 saturated heterocycles. The first-order valence-electron chi connectivity index (χ1n) is 16.9. The van der Waals surface area contributed by atoms with E-state index in [1.165, 1.54) is 27.3 Å². The van der Waals surface area contributed by atoms with Gasteiger partial charge in [0, 0.05) is 38.3 Å². The van der Waals surface area contributed by atoms with Crippen LogP contribution >= 0.6 is 0 Å². The largest absolute Gasteiger partial charge is 0.497 e. The molecule has 14 nitrogen and oxygen atoms in total. The van der Waals surface area contributed by atoms with Gasteiger partial charge in [0.1, 0.15) is 22.1 Å². The predicted octanol–water partition coefficient (Wildman–Crippen LogP) is 3.91. The molecule has 1 aliphatic heterocycles. The fourth-order valence-electron chi connectivity index (χ4n) is 5.92. The molecule has 4 aromatic carbocycles. The van der Waals surface area contributed by atoms with Crippen LogP contribution in [0.5, 0.6) is 17.2 Å². The van der Waals surface area contributed by atoms with E-state index >= 15 is 8.42 Å². The van der Waals surface area contributed by atoms with Crippen LogP contribution in [0.1, 0.15) is 16.7 Å². The summed E-state index contributed by atoms with van der Waals surface area (Å²) >= 11 is 0. The van der Waals surface area contributed by atoms with Crippen molar-refractivity contribution < 1.29 is 35.8 Å². The molecule has 5 aromatic rings. The van der Waals surface area contributed by atoms with E-state index in [9.17, 15) is 8.42 Å². The van der Waals surface area contributed by atoms with E-state index in [0.29, 0.717) is 54.7 Å². The summed E-state index contributed by atoms with van der Waals surface area (Å²) in [6.45, 7) is 2.47. The number of methoxy groups -OCH3 is 3. The molecule has 0 spiro atoms. The maximum absolute atomic E-state index is 15.2. The topological polar surface area (TPSA) is 155 Å². The minimum absolute atomic E-state index is 0.0212. The zero-order valence-electron chi connectivity index (χ0n) is 29.8. The molecule has 2 heterocycles. The fourth-order valence-corrected chi connectivity index (χ4v) is 9.67. The van der Waals surface area contributed by atoms with Crippen LogP contribution < -0.4 is 14.2 Å². The highest BCUT2D eigenvalue weighted by Crippen LogP contribution is 2.35. The summed E-state index contributed by atoms with van der Waals surface area (Å²) in [5.74, 6) is 1.59. The molecule has 1 aliphatic rings. The SMILES string of the molecule is COc1ccc(CN(Cc2ccc(OC)cc2)S(=O)(=O)c2c(-c3nnn(Cc4ccc(OC)cc4)n3)cccc2S(=O)(=O)CCN2CCOCC2)cc1. The number of benzene rings is 4. The summed E-state index contributed by atoms with van der Waals surface area (Å²) in [7, 11) is -4.08. The Kier molecular flexibility index (Phi) is 12.0. The van der Waals surface area contributed by atoms with Crippen LogP contribution in [0.4, 0.5) is 0 Å². The van der Waals surface area contributed by atoms with E-state index in [-0.39, 0.29) is 48.2 Å². The summed E-state index contributed by atoms with van der Waals surface area (Å²) in [6, 6.07) is 25.8. The fraction of sp³-hybridized carbons (Fsp3) is 0.324. The lowest BCUT2D eigenvalue weighted by molar-refractivity contribution is 0.0408. The summed E-state index contributed by atoms with van der Waals surface area (Å²) < 4.78 is 81.5. The maximum atomic E-state index is 15.2. The normalized spacial score (nSPS) is 14.0. The van der Waals surface area contributed by atoms with E-state index in [0.717, 1.165) is 5.56 Å². The summed E-state index contributed by atoms with van der Waals surface area (Å²) in [4.78, 5) is 2.59. The second-order valence-corrected chi connectivity index (χ2v) is 16.3. The van der Waals surface area contributed by atoms with Crippen LogP contribution in [0.15, 0.2) is 101 Å². The molecule has 0 N–H and O–H groups in total. The number of rotatable bonds is 16. The Morgan fingerprint density at radius 1 is 0.717 bits per heavy atom. The number of morpholine rings is 1. The number of nitrogens with zero attached hydrogens (tertiary/aromatic N) is 6. The van der Waals surface area contributed by atoms with Crippen LogP contribution in [0.2, 0.25) is 0 Å². The Morgan fingerprint density at radius 3 is 1.77 bits per heavy atom. The molecule has 6 rings (SSSR count). The summed E-state index contributed by atoms with van der Waals surface area (Å²) in [6.07, 6.45) is 0. The van der Waals surface area contributed by atoms with Crippen LogP contribution in [0.25, 0.3) is 11.4 Å². The van der Waals surface area contributed by atoms with Gasteiger partial charge in [-0.05, 0) is 70.4 Å². The third kappa shape index (κ3) is 9.20. The van der Waals surface area contributed by atoms with Crippen molar-refractivity contribution in [1.29, 1.82) is 0 Å². The highest BCUT2D eigenvalue weighted by atomic mass is 32.2. The zero-order valence-corrected chi connectivity index (χ0v) is 31.4. The lowest BCUT2D eigenvalue weighted by Gasteiger charge is -2.27. The monoisotopic (exact) mass is 762 g/mol. The van der Waals surface area contributed by atoms with Crippen molar-refractivity contribution in [3.63, 3.8) is 0 Å². The first kappa shape index (κ1) is 37.9. The molecule has 0 radical (unpaired) electrons. The maximum Gasteiger partial charge on any atom is 0.245 e. The molecule has 1 fully saturated rings. The molecule has 0 bridgehead atoms. The first-order valence-corrected chi connectivity index (χ1v) is 20.0. The quantitative estimate of drug-likeness (QED) is 0.143. The Balaban J connectivity index is 1.44. The second kappa shape index (κ2) is 16.9. The van der Waals surface area contributed by atoms with E-state index in [4.69, 9.17) is 18.9 Å². The standard InChI is InChI=1S/C37H42N6O8S2/c1-48-31-13-7-28(8-14-31)25-42(26-29-9-15-32(49-2)16-10-29)53(46,47)36-34(37-38-40-43(39-37)27-30-11-17-33(50-3)18-12-30)5-4-6-35(36)52(44,45)24-21-41-19-22-51-23-20-41/h4-18H,19-27H2,1-3H3. The van der Waals surface area contributed by atoms with E-state index < -0.39 is 24.8 Å². The third-order valence-corrected chi connectivity index (χ3v) is 12.7. The van der Waals surface area contributed by atoms with Gasteiger partial charge in [0.05, 0.1) is 51.7 Å². The van der Waals surface area contributed by atoms with Gasteiger partial charge in [0.15, 0.2) is 9.84 Å². The van der Waals surface area contributed by atoms with Gasteiger partial charge in [-0.2, -0.15) is 9.10 Å². The number of aromatic nitrogens is 4. The van der Waals surface area contributed by atoms with Crippen molar-refractivity contribution >= 4 is 19.9 Å². The van der Waals surface area contributed by atoms with Gasteiger partial charge >= 0.3 is 0 Å². The minimum Gasteiger partial charge on any atom is -0.497 e. The lowest BCUT2D eigenvalue weighted by Crippen LogP contribution is -2.39. The third-order valence-electron chi connectivity index (χ3n) is 8.90. The van der Waals surface area contributed by atoms with Crippen molar-refractivity contribution in [2.75, 3.05) is 59.9 Å². The van der Waals surface area contributed by atoms with Crippen LogP contribution in [0, 0.1) is 0 Å².